The van der Waals surface area contributed by atoms with Crippen LogP contribution in [0, 0.1) is 0 Å². The summed E-state index contributed by atoms with van der Waals surface area (Å²) in [4.78, 5) is 16.4. The number of aromatic nitrogens is 1. The van der Waals surface area contributed by atoms with Crippen molar-refractivity contribution in [2.45, 2.75) is 0 Å². The lowest BCUT2D eigenvalue weighted by molar-refractivity contribution is -0.115. The van der Waals surface area contributed by atoms with Gasteiger partial charge in [-0.15, -0.1) is 0 Å². The number of methoxy groups -OCH3 is 1. The van der Waals surface area contributed by atoms with Crippen LogP contribution in [-0.4, -0.2) is 23.1 Å². The summed E-state index contributed by atoms with van der Waals surface area (Å²) >= 11 is 5.18. The fraction of sp³-hybridized carbons (Fsp3) is 0.0455. The SMILES string of the molecule is COc1ccc2oc(-c3ccc(NC(=S)NC(=O)/C=C/c4ccco4)cc3)nc2c1. The fourth-order valence-electron chi connectivity index (χ4n) is 2.71. The van der Waals surface area contributed by atoms with Gasteiger partial charge in [0.1, 0.15) is 17.0 Å². The average molecular weight is 419 g/mol. The highest BCUT2D eigenvalue weighted by Gasteiger charge is 2.09. The molecule has 0 unspecified atom stereocenters. The second-order valence-corrected chi connectivity index (χ2v) is 6.63. The lowest BCUT2D eigenvalue weighted by Crippen LogP contribution is -2.32. The molecule has 150 valence electrons. The Kier molecular flexibility index (Phi) is 5.58. The molecule has 0 fully saturated rings. The van der Waals surface area contributed by atoms with Gasteiger partial charge in [0.15, 0.2) is 10.7 Å². The number of carbonyl (C=O) groups is 1. The van der Waals surface area contributed by atoms with E-state index in [0.717, 1.165) is 22.5 Å². The first-order valence-corrected chi connectivity index (χ1v) is 9.40. The Morgan fingerprint density at radius 1 is 1.17 bits per heavy atom. The average Bonchev–Trinajstić information content (AvgIpc) is 3.41. The Morgan fingerprint density at radius 2 is 2.00 bits per heavy atom. The largest absolute Gasteiger partial charge is 0.497 e. The summed E-state index contributed by atoms with van der Waals surface area (Å²) in [6.07, 6.45) is 4.44. The fourth-order valence-corrected chi connectivity index (χ4v) is 2.93. The first kappa shape index (κ1) is 19.4. The van der Waals surface area contributed by atoms with Crippen molar-refractivity contribution in [3.63, 3.8) is 0 Å². The Morgan fingerprint density at radius 3 is 2.73 bits per heavy atom. The van der Waals surface area contributed by atoms with E-state index in [2.05, 4.69) is 15.6 Å². The standard InChI is InChI=1S/C22H17N3O4S/c1-27-17-8-10-19-18(13-17)24-21(29-19)14-4-6-15(7-5-14)23-22(30)25-20(26)11-9-16-3-2-12-28-16/h2-13H,1H3,(H2,23,25,26,30)/b11-9+. The van der Waals surface area contributed by atoms with Crippen LogP contribution in [-0.2, 0) is 4.79 Å². The zero-order valence-electron chi connectivity index (χ0n) is 15.9. The van der Waals surface area contributed by atoms with Crippen molar-refractivity contribution in [1.82, 2.24) is 10.3 Å². The number of benzene rings is 2. The minimum absolute atomic E-state index is 0.186. The van der Waals surface area contributed by atoms with E-state index in [1.165, 1.54) is 12.3 Å². The number of furan rings is 1. The molecule has 30 heavy (non-hydrogen) atoms. The van der Waals surface area contributed by atoms with Crippen molar-refractivity contribution in [2.75, 3.05) is 12.4 Å². The molecule has 0 aliphatic carbocycles. The summed E-state index contributed by atoms with van der Waals surface area (Å²) in [7, 11) is 1.61. The van der Waals surface area contributed by atoms with Crippen LogP contribution in [0.4, 0.5) is 5.69 Å². The number of hydrogen-bond donors (Lipinski definition) is 2. The second kappa shape index (κ2) is 8.62. The van der Waals surface area contributed by atoms with Crippen molar-refractivity contribution >= 4 is 46.1 Å². The molecule has 0 saturated carbocycles. The molecule has 0 aliphatic rings. The third-order valence-electron chi connectivity index (χ3n) is 4.16. The zero-order valence-corrected chi connectivity index (χ0v) is 16.7. The van der Waals surface area contributed by atoms with Crippen LogP contribution >= 0.6 is 12.2 Å². The Hall–Kier alpha value is -3.91. The van der Waals surface area contributed by atoms with Gasteiger partial charge < -0.3 is 18.9 Å². The summed E-state index contributed by atoms with van der Waals surface area (Å²) in [6.45, 7) is 0. The quantitative estimate of drug-likeness (QED) is 0.360. The third-order valence-corrected chi connectivity index (χ3v) is 4.37. The topological polar surface area (TPSA) is 89.5 Å². The normalized spacial score (nSPS) is 11.0. The molecule has 0 radical (unpaired) electrons. The molecule has 7 nitrogen and oxygen atoms in total. The number of anilines is 1. The number of ether oxygens (including phenoxy) is 1. The molecule has 2 heterocycles. The van der Waals surface area contributed by atoms with E-state index in [1.807, 2.05) is 42.5 Å². The molecule has 0 aliphatic heterocycles. The van der Waals surface area contributed by atoms with Crippen LogP contribution < -0.4 is 15.4 Å². The molecule has 2 N–H and O–H groups in total. The summed E-state index contributed by atoms with van der Waals surface area (Å²) in [5, 5.41) is 5.72. The molecular formula is C22H17N3O4S. The van der Waals surface area contributed by atoms with Gasteiger partial charge in [-0.05, 0) is 66.8 Å². The van der Waals surface area contributed by atoms with Crippen molar-refractivity contribution in [3.8, 4) is 17.2 Å². The van der Waals surface area contributed by atoms with E-state index in [-0.39, 0.29) is 11.0 Å². The third kappa shape index (κ3) is 4.56. The highest BCUT2D eigenvalue weighted by molar-refractivity contribution is 7.80. The minimum Gasteiger partial charge on any atom is -0.497 e. The van der Waals surface area contributed by atoms with Crippen LogP contribution in [0.5, 0.6) is 5.75 Å². The first-order valence-electron chi connectivity index (χ1n) is 8.99. The zero-order chi connectivity index (χ0) is 20.9. The van der Waals surface area contributed by atoms with Crippen molar-refractivity contribution in [2.24, 2.45) is 0 Å². The van der Waals surface area contributed by atoms with Gasteiger partial charge in [-0.2, -0.15) is 0 Å². The van der Waals surface area contributed by atoms with E-state index in [4.69, 9.17) is 25.8 Å². The van der Waals surface area contributed by atoms with E-state index < -0.39 is 0 Å². The number of amides is 1. The van der Waals surface area contributed by atoms with Crippen LogP contribution in [0.1, 0.15) is 5.76 Å². The van der Waals surface area contributed by atoms with Gasteiger partial charge in [-0.25, -0.2) is 4.98 Å². The van der Waals surface area contributed by atoms with E-state index in [1.54, 1.807) is 25.3 Å². The van der Waals surface area contributed by atoms with Gasteiger partial charge in [0.05, 0.1) is 13.4 Å². The number of rotatable bonds is 5. The van der Waals surface area contributed by atoms with Gasteiger partial charge in [-0.3, -0.25) is 10.1 Å². The number of carbonyl (C=O) groups excluding carboxylic acids is 1. The van der Waals surface area contributed by atoms with E-state index in [9.17, 15) is 4.79 Å². The van der Waals surface area contributed by atoms with Crippen LogP contribution in [0.15, 0.2) is 75.8 Å². The van der Waals surface area contributed by atoms with E-state index >= 15 is 0 Å². The van der Waals surface area contributed by atoms with Crippen molar-refractivity contribution < 1.29 is 18.4 Å². The Labute approximate surface area is 177 Å². The molecule has 8 heteroatoms. The van der Waals surface area contributed by atoms with Crippen LogP contribution in [0.2, 0.25) is 0 Å². The number of oxazole rings is 1. The molecule has 2 aromatic carbocycles. The Balaban J connectivity index is 1.38. The molecular weight excluding hydrogens is 402 g/mol. The summed E-state index contributed by atoms with van der Waals surface area (Å²) in [5.74, 6) is 1.44. The van der Waals surface area contributed by atoms with Crippen molar-refractivity contribution in [1.29, 1.82) is 0 Å². The molecule has 0 bridgehead atoms. The van der Waals surface area contributed by atoms with Gasteiger partial charge in [0, 0.05) is 23.4 Å². The first-order chi connectivity index (χ1) is 14.6. The van der Waals surface area contributed by atoms with Crippen LogP contribution in [0.3, 0.4) is 0 Å². The molecule has 0 spiro atoms. The smallest absolute Gasteiger partial charge is 0.250 e. The number of hydrogen-bond acceptors (Lipinski definition) is 6. The molecule has 0 saturated heterocycles. The number of nitrogens with one attached hydrogen (secondary N) is 2. The number of fused-ring (bicyclic) bond motifs is 1. The van der Waals surface area contributed by atoms with Gasteiger partial charge in [0.2, 0.25) is 11.8 Å². The van der Waals surface area contributed by atoms with E-state index in [0.29, 0.717) is 17.2 Å². The maximum atomic E-state index is 11.9. The van der Waals surface area contributed by atoms with Gasteiger partial charge >= 0.3 is 0 Å². The predicted molar refractivity (Wildman–Crippen MR) is 118 cm³/mol. The lowest BCUT2D eigenvalue weighted by atomic mass is 10.2. The highest BCUT2D eigenvalue weighted by Crippen LogP contribution is 2.27. The lowest BCUT2D eigenvalue weighted by Gasteiger charge is -2.08. The maximum Gasteiger partial charge on any atom is 0.250 e. The molecule has 4 rings (SSSR count). The summed E-state index contributed by atoms with van der Waals surface area (Å²) < 4.78 is 16.1. The molecule has 0 atom stereocenters. The van der Waals surface area contributed by atoms with Gasteiger partial charge in [0.25, 0.3) is 0 Å². The maximum absolute atomic E-state index is 11.9. The molecule has 4 aromatic rings. The number of thiocarbonyl (C=S) groups is 1. The summed E-state index contributed by atoms with van der Waals surface area (Å²) in [5.41, 5.74) is 2.93. The second-order valence-electron chi connectivity index (χ2n) is 6.22. The number of nitrogens with zero attached hydrogens (tertiary/aromatic N) is 1. The molecule has 1 amide bonds. The van der Waals surface area contributed by atoms with Crippen molar-refractivity contribution in [3.05, 3.63) is 72.7 Å². The minimum atomic E-state index is -0.359. The highest BCUT2D eigenvalue weighted by atomic mass is 32.1. The Bertz CT molecular complexity index is 1210. The van der Waals surface area contributed by atoms with Crippen LogP contribution in [0.25, 0.3) is 28.6 Å². The van der Waals surface area contributed by atoms with Gasteiger partial charge in [-0.1, -0.05) is 0 Å². The summed E-state index contributed by atoms with van der Waals surface area (Å²) in [6, 6.07) is 16.3. The molecule has 2 aromatic heterocycles. The monoisotopic (exact) mass is 419 g/mol. The predicted octanol–water partition coefficient (Wildman–Crippen LogP) is 4.62.